The zero-order valence-corrected chi connectivity index (χ0v) is 10.2. The molecule has 0 spiro atoms. The third-order valence-corrected chi connectivity index (χ3v) is 3.99. The summed E-state index contributed by atoms with van der Waals surface area (Å²) >= 11 is 17.9. The van der Waals surface area contributed by atoms with Crippen LogP contribution >= 0.6 is 55.1 Å². The zero-order valence-electron chi connectivity index (χ0n) is 5.54. The van der Waals surface area contributed by atoms with Gasteiger partial charge in [0.25, 0.3) is 0 Å². The average Bonchev–Trinajstić information content (AvgIpc) is 2.02. The maximum atomic E-state index is 8.70. The summed E-state index contributed by atoms with van der Waals surface area (Å²) in [4.78, 5) is 0. The maximum absolute atomic E-state index is 8.70. The molecular weight excluding hydrogens is 329 g/mol. The molecule has 0 radical (unpaired) electrons. The van der Waals surface area contributed by atoms with E-state index in [9.17, 15) is 0 Å². The maximum Gasteiger partial charge on any atom is 0.102 e. The minimum absolute atomic E-state index is 0.272. The van der Waals surface area contributed by atoms with Gasteiger partial charge in [-0.1, -0.05) is 23.2 Å². The summed E-state index contributed by atoms with van der Waals surface area (Å²) in [5, 5.41) is 9.34. The molecule has 0 saturated heterocycles. The summed E-state index contributed by atoms with van der Waals surface area (Å²) < 4.78 is 1.34. The molecule has 0 unspecified atom stereocenters. The molecule has 12 heavy (non-hydrogen) atoms. The fourth-order valence-electron chi connectivity index (χ4n) is 0.671. The molecule has 0 heterocycles. The molecule has 0 atom stereocenters. The topological polar surface area (TPSA) is 23.8 Å². The van der Waals surface area contributed by atoms with Crippen LogP contribution in [0.3, 0.4) is 0 Å². The Hall–Kier alpha value is 0.250. The van der Waals surface area contributed by atoms with Crippen molar-refractivity contribution >= 4 is 55.1 Å². The molecule has 5 heteroatoms. The monoisotopic (exact) mass is 327 g/mol. The van der Waals surface area contributed by atoms with E-state index < -0.39 is 0 Å². The summed E-state index contributed by atoms with van der Waals surface area (Å²) in [5.74, 6) is 0. The Kier molecular flexibility index (Phi) is 3.42. The van der Waals surface area contributed by atoms with E-state index >= 15 is 0 Å². The fraction of sp³-hybridized carbons (Fsp3) is 0. The molecule has 0 saturated carbocycles. The van der Waals surface area contributed by atoms with Crippen molar-refractivity contribution in [1.82, 2.24) is 0 Å². The van der Waals surface area contributed by atoms with Crippen molar-refractivity contribution in [2.24, 2.45) is 0 Å². The summed E-state index contributed by atoms with van der Waals surface area (Å²) in [5.41, 5.74) is 0.344. The molecule has 0 bridgehead atoms. The van der Waals surface area contributed by atoms with Crippen LogP contribution in [-0.4, -0.2) is 0 Å². The first kappa shape index (κ1) is 10.3. The Morgan fingerprint density at radius 3 is 2.42 bits per heavy atom. The van der Waals surface area contributed by atoms with Gasteiger partial charge < -0.3 is 0 Å². The van der Waals surface area contributed by atoms with E-state index in [0.717, 1.165) is 0 Å². The quantitative estimate of drug-likeness (QED) is 0.648. The van der Waals surface area contributed by atoms with Gasteiger partial charge in [-0.25, -0.2) is 0 Å². The average molecular weight is 330 g/mol. The van der Waals surface area contributed by atoms with Crippen molar-refractivity contribution in [3.05, 3.63) is 30.6 Å². The molecule has 1 aromatic carbocycles. The predicted octanol–water partition coefficient (Wildman–Crippen LogP) is 4.39. The zero-order chi connectivity index (χ0) is 9.30. The normalized spacial score (nSPS) is 9.58. The number of nitrogens with zero attached hydrogens (tertiary/aromatic N) is 1. The number of hydrogen-bond donors (Lipinski definition) is 0. The van der Waals surface area contributed by atoms with Gasteiger partial charge in [0.2, 0.25) is 0 Å². The van der Waals surface area contributed by atoms with Gasteiger partial charge in [-0.05, 0) is 37.9 Å². The van der Waals surface area contributed by atoms with Crippen LogP contribution in [0.1, 0.15) is 5.56 Å². The molecule has 0 aliphatic rings. The van der Waals surface area contributed by atoms with E-state index in [2.05, 4.69) is 31.9 Å². The van der Waals surface area contributed by atoms with Crippen LogP contribution in [0.2, 0.25) is 10.0 Å². The number of hydrogen-bond acceptors (Lipinski definition) is 1. The molecule has 1 aromatic rings. The van der Waals surface area contributed by atoms with Gasteiger partial charge >= 0.3 is 0 Å². The van der Waals surface area contributed by atoms with Crippen molar-refractivity contribution in [1.29, 1.82) is 5.26 Å². The summed E-state index contributed by atoms with van der Waals surface area (Å²) in [6.07, 6.45) is 0. The summed E-state index contributed by atoms with van der Waals surface area (Å²) in [7, 11) is 0. The van der Waals surface area contributed by atoms with E-state index in [0.29, 0.717) is 19.5 Å². The van der Waals surface area contributed by atoms with Gasteiger partial charge in [0.05, 0.1) is 20.1 Å². The Bertz CT molecular complexity index is 344. The van der Waals surface area contributed by atoms with E-state index in [-0.39, 0.29) is 5.02 Å². The molecule has 0 fully saturated rings. The minimum Gasteiger partial charge on any atom is -0.192 e. The van der Waals surface area contributed by atoms with Crippen molar-refractivity contribution in [2.45, 2.75) is 0 Å². The third-order valence-electron chi connectivity index (χ3n) is 1.22. The Labute approximate surface area is 96.5 Å². The van der Waals surface area contributed by atoms with E-state index in [1.165, 1.54) is 0 Å². The van der Waals surface area contributed by atoms with Crippen molar-refractivity contribution < 1.29 is 0 Å². The van der Waals surface area contributed by atoms with E-state index in [1.54, 1.807) is 6.07 Å². The van der Waals surface area contributed by atoms with E-state index in [1.807, 2.05) is 6.07 Å². The molecule has 0 N–H and O–H groups in total. The second kappa shape index (κ2) is 3.97. The molecule has 1 rings (SSSR count). The van der Waals surface area contributed by atoms with E-state index in [4.69, 9.17) is 28.5 Å². The molecule has 0 aromatic heterocycles. The fourth-order valence-corrected chi connectivity index (χ4v) is 2.14. The van der Waals surface area contributed by atoms with Crippen molar-refractivity contribution in [2.75, 3.05) is 0 Å². The number of benzene rings is 1. The Morgan fingerprint density at radius 1 is 1.33 bits per heavy atom. The Balaban J connectivity index is 3.56. The van der Waals surface area contributed by atoms with Gasteiger partial charge in [0.15, 0.2) is 0 Å². The van der Waals surface area contributed by atoms with Crippen LogP contribution in [0.15, 0.2) is 15.0 Å². The highest BCUT2D eigenvalue weighted by molar-refractivity contribution is 9.13. The van der Waals surface area contributed by atoms with Crippen LogP contribution in [0.4, 0.5) is 0 Å². The van der Waals surface area contributed by atoms with Gasteiger partial charge in [0.1, 0.15) is 6.07 Å². The predicted molar refractivity (Wildman–Crippen MR) is 56.6 cm³/mol. The van der Waals surface area contributed by atoms with Crippen molar-refractivity contribution in [3.63, 3.8) is 0 Å². The lowest BCUT2D eigenvalue weighted by atomic mass is 10.2. The highest BCUT2D eigenvalue weighted by Gasteiger charge is 2.11. The molecule has 1 nitrogen and oxygen atoms in total. The van der Waals surface area contributed by atoms with Gasteiger partial charge in [-0.2, -0.15) is 5.26 Å². The highest BCUT2D eigenvalue weighted by atomic mass is 79.9. The number of rotatable bonds is 0. The first-order chi connectivity index (χ1) is 5.57. The lowest BCUT2D eigenvalue weighted by molar-refractivity contribution is 1.45. The van der Waals surface area contributed by atoms with Crippen molar-refractivity contribution in [3.8, 4) is 6.07 Å². The summed E-state index contributed by atoms with van der Waals surface area (Å²) in [6.45, 7) is 0. The van der Waals surface area contributed by atoms with Gasteiger partial charge in [0, 0.05) is 4.47 Å². The van der Waals surface area contributed by atoms with Crippen LogP contribution < -0.4 is 0 Å². The standard InChI is InChI=1S/C7HBr2Cl2N/c8-4-1-5(10)7(11)3(2-12)6(4)9/h1H. The van der Waals surface area contributed by atoms with Crippen LogP contribution in [0, 0.1) is 11.3 Å². The van der Waals surface area contributed by atoms with Crippen LogP contribution in [-0.2, 0) is 0 Å². The first-order valence-corrected chi connectivity index (χ1v) is 5.15. The molecule has 0 aliphatic heterocycles. The minimum atomic E-state index is 0.272. The van der Waals surface area contributed by atoms with Crippen LogP contribution in [0.5, 0.6) is 0 Å². The SMILES string of the molecule is N#Cc1c(Cl)c(Cl)cc(Br)c1Br. The first-order valence-electron chi connectivity index (χ1n) is 2.81. The lowest BCUT2D eigenvalue weighted by Gasteiger charge is -2.02. The Morgan fingerprint density at radius 2 is 1.92 bits per heavy atom. The lowest BCUT2D eigenvalue weighted by Crippen LogP contribution is -1.82. The van der Waals surface area contributed by atoms with Gasteiger partial charge in [-0.15, -0.1) is 0 Å². The molecule has 62 valence electrons. The highest BCUT2D eigenvalue weighted by Crippen LogP contribution is 2.36. The molecule has 0 aliphatic carbocycles. The number of nitriles is 1. The second-order valence-electron chi connectivity index (χ2n) is 1.95. The van der Waals surface area contributed by atoms with Crippen LogP contribution in [0.25, 0.3) is 0 Å². The largest absolute Gasteiger partial charge is 0.192 e. The molecular formula is C7HBr2Cl2N. The molecule has 0 amide bonds. The third kappa shape index (κ3) is 1.77. The number of halogens is 4. The smallest absolute Gasteiger partial charge is 0.102 e. The van der Waals surface area contributed by atoms with Gasteiger partial charge in [-0.3, -0.25) is 0 Å². The summed E-state index contributed by atoms with van der Waals surface area (Å²) in [6, 6.07) is 3.59. The second-order valence-corrected chi connectivity index (χ2v) is 4.39.